The van der Waals surface area contributed by atoms with Crippen LogP contribution in [0.15, 0.2) is 92.2 Å². The van der Waals surface area contributed by atoms with Crippen LogP contribution in [0.25, 0.3) is 33.9 Å². The number of nitrogens with one attached hydrogen (secondary N) is 1. The first-order valence-corrected chi connectivity index (χ1v) is 10.5. The number of amides is 1. The van der Waals surface area contributed by atoms with Crippen LogP contribution in [-0.2, 0) is 0 Å². The lowest BCUT2D eigenvalue weighted by atomic mass is 10.1. The molecule has 0 aliphatic rings. The maximum absolute atomic E-state index is 12.7. The van der Waals surface area contributed by atoms with Crippen LogP contribution in [0.4, 0.5) is 5.69 Å². The van der Waals surface area contributed by atoms with E-state index in [1.165, 1.54) is 0 Å². The van der Waals surface area contributed by atoms with E-state index in [9.17, 15) is 4.79 Å². The second-order valence-electron chi connectivity index (χ2n) is 7.20. The zero-order valence-electron chi connectivity index (χ0n) is 16.6. The average molecular weight is 473 g/mol. The standard InChI is InChI=1S/C25H17BrN2O3/c1-15-3-2-4-17(13-15)25-28-20-14-19(9-10-22(20)31-25)27-24(29)23-12-11-21(30-23)16-5-7-18(26)8-6-16/h2-14H,1H3,(H,27,29). The molecule has 0 unspecified atom stereocenters. The Morgan fingerprint density at radius 1 is 0.903 bits per heavy atom. The number of rotatable bonds is 4. The van der Waals surface area contributed by atoms with Crippen molar-refractivity contribution in [1.82, 2.24) is 4.98 Å². The van der Waals surface area contributed by atoms with Gasteiger partial charge in [0.15, 0.2) is 11.3 Å². The van der Waals surface area contributed by atoms with Gasteiger partial charge in [0.1, 0.15) is 11.3 Å². The second kappa shape index (κ2) is 7.89. The quantitative estimate of drug-likeness (QED) is 0.303. The molecule has 2 heterocycles. The summed E-state index contributed by atoms with van der Waals surface area (Å²) in [5.74, 6) is 1.09. The first-order chi connectivity index (χ1) is 15.0. The molecule has 5 aromatic rings. The van der Waals surface area contributed by atoms with E-state index < -0.39 is 0 Å². The molecule has 0 fully saturated rings. The summed E-state index contributed by atoms with van der Waals surface area (Å²) in [6.07, 6.45) is 0. The van der Waals surface area contributed by atoms with Crippen molar-refractivity contribution in [1.29, 1.82) is 0 Å². The van der Waals surface area contributed by atoms with Crippen molar-refractivity contribution in [3.8, 4) is 22.8 Å². The Hall–Kier alpha value is -3.64. The van der Waals surface area contributed by atoms with Gasteiger partial charge in [0.2, 0.25) is 5.89 Å². The summed E-state index contributed by atoms with van der Waals surface area (Å²) in [5, 5.41) is 2.86. The molecule has 0 atom stereocenters. The number of nitrogens with zero attached hydrogens (tertiary/aromatic N) is 1. The van der Waals surface area contributed by atoms with E-state index in [0.29, 0.717) is 28.4 Å². The van der Waals surface area contributed by atoms with Crippen LogP contribution in [0.2, 0.25) is 0 Å². The lowest BCUT2D eigenvalue weighted by Crippen LogP contribution is -2.10. The van der Waals surface area contributed by atoms with E-state index in [1.54, 1.807) is 30.3 Å². The Labute approximate surface area is 186 Å². The third-order valence-corrected chi connectivity index (χ3v) is 5.40. The van der Waals surface area contributed by atoms with Crippen molar-refractivity contribution in [3.05, 3.63) is 94.7 Å². The minimum atomic E-state index is -0.329. The summed E-state index contributed by atoms with van der Waals surface area (Å²) in [6, 6.07) is 24.5. The number of carbonyl (C=O) groups is 1. The van der Waals surface area contributed by atoms with Crippen LogP contribution in [-0.4, -0.2) is 10.9 Å². The molecule has 0 aliphatic carbocycles. The van der Waals surface area contributed by atoms with Gasteiger partial charge in [0.05, 0.1) is 0 Å². The molecule has 152 valence electrons. The zero-order chi connectivity index (χ0) is 21.4. The van der Waals surface area contributed by atoms with Gasteiger partial charge in [-0.2, -0.15) is 0 Å². The van der Waals surface area contributed by atoms with Crippen LogP contribution in [0.3, 0.4) is 0 Å². The monoisotopic (exact) mass is 472 g/mol. The molecule has 0 saturated carbocycles. The van der Waals surface area contributed by atoms with Crippen molar-refractivity contribution in [2.75, 3.05) is 5.32 Å². The summed E-state index contributed by atoms with van der Waals surface area (Å²) < 4.78 is 12.6. The van der Waals surface area contributed by atoms with E-state index >= 15 is 0 Å². The molecule has 31 heavy (non-hydrogen) atoms. The van der Waals surface area contributed by atoms with Crippen molar-refractivity contribution < 1.29 is 13.6 Å². The topological polar surface area (TPSA) is 68.3 Å². The maximum Gasteiger partial charge on any atom is 0.291 e. The predicted molar refractivity (Wildman–Crippen MR) is 124 cm³/mol. The lowest BCUT2D eigenvalue weighted by Gasteiger charge is -2.03. The van der Waals surface area contributed by atoms with E-state index in [2.05, 4.69) is 26.2 Å². The van der Waals surface area contributed by atoms with Gasteiger partial charge in [-0.3, -0.25) is 4.79 Å². The van der Waals surface area contributed by atoms with Gasteiger partial charge in [-0.25, -0.2) is 4.98 Å². The molecule has 5 rings (SSSR count). The highest BCUT2D eigenvalue weighted by Crippen LogP contribution is 2.28. The zero-order valence-corrected chi connectivity index (χ0v) is 18.1. The Kier molecular flexibility index (Phi) is 4.92. The van der Waals surface area contributed by atoms with Crippen LogP contribution in [0, 0.1) is 6.92 Å². The maximum atomic E-state index is 12.7. The molecule has 6 heteroatoms. The summed E-state index contributed by atoms with van der Waals surface area (Å²) in [5.41, 5.74) is 4.89. The number of hydrogen-bond donors (Lipinski definition) is 1. The number of benzene rings is 3. The third-order valence-electron chi connectivity index (χ3n) is 4.87. The molecule has 2 aromatic heterocycles. The molecule has 0 aliphatic heterocycles. The van der Waals surface area contributed by atoms with Gasteiger partial charge < -0.3 is 14.2 Å². The Bertz CT molecular complexity index is 1400. The number of hydrogen-bond acceptors (Lipinski definition) is 4. The minimum absolute atomic E-state index is 0.235. The first-order valence-electron chi connectivity index (χ1n) is 9.70. The van der Waals surface area contributed by atoms with Crippen molar-refractivity contribution in [2.45, 2.75) is 6.92 Å². The largest absolute Gasteiger partial charge is 0.451 e. The normalized spacial score (nSPS) is 11.0. The molecular weight excluding hydrogens is 456 g/mol. The Morgan fingerprint density at radius 3 is 2.55 bits per heavy atom. The molecule has 0 bridgehead atoms. The number of aryl methyl sites for hydroxylation is 1. The number of anilines is 1. The fourth-order valence-corrected chi connectivity index (χ4v) is 3.59. The van der Waals surface area contributed by atoms with Crippen LogP contribution in [0.5, 0.6) is 0 Å². The SMILES string of the molecule is Cc1cccc(-c2nc3cc(NC(=O)c4ccc(-c5ccc(Br)cc5)o4)ccc3o2)c1. The fourth-order valence-electron chi connectivity index (χ4n) is 3.33. The summed E-state index contributed by atoms with van der Waals surface area (Å²) in [4.78, 5) is 17.2. The van der Waals surface area contributed by atoms with E-state index in [4.69, 9.17) is 8.83 Å². The smallest absolute Gasteiger partial charge is 0.291 e. The Balaban J connectivity index is 1.36. The summed E-state index contributed by atoms with van der Waals surface area (Å²) >= 11 is 3.41. The lowest BCUT2D eigenvalue weighted by molar-refractivity contribution is 0.0997. The van der Waals surface area contributed by atoms with Crippen molar-refractivity contribution in [3.63, 3.8) is 0 Å². The molecular formula is C25H17BrN2O3. The molecule has 0 radical (unpaired) electrons. The van der Waals surface area contributed by atoms with Crippen LogP contribution < -0.4 is 5.32 Å². The second-order valence-corrected chi connectivity index (χ2v) is 8.11. The van der Waals surface area contributed by atoms with Crippen LogP contribution in [0.1, 0.15) is 16.1 Å². The first kappa shape index (κ1) is 19.3. The van der Waals surface area contributed by atoms with Gasteiger partial charge >= 0.3 is 0 Å². The van der Waals surface area contributed by atoms with Crippen LogP contribution >= 0.6 is 15.9 Å². The number of carbonyl (C=O) groups excluding carboxylic acids is 1. The highest BCUT2D eigenvalue weighted by Gasteiger charge is 2.14. The Morgan fingerprint density at radius 2 is 1.74 bits per heavy atom. The predicted octanol–water partition coefficient (Wildman–Crippen LogP) is 7.08. The molecule has 3 aromatic carbocycles. The third kappa shape index (κ3) is 4.02. The van der Waals surface area contributed by atoms with Gasteiger partial charge in [-0.15, -0.1) is 0 Å². The fraction of sp³-hybridized carbons (Fsp3) is 0.0400. The molecule has 0 spiro atoms. The minimum Gasteiger partial charge on any atom is -0.451 e. The number of furan rings is 1. The number of aromatic nitrogens is 1. The van der Waals surface area contributed by atoms with Gasteiger partial charge in [0, 0.05) is 21.3 Å². The number of fused-ring (bicyclic) bond motifs is 1. The van der Waals surface area contributed by atoms with Gasteiger partial charge in [0.25, 0.3) is 5.91 Å². The summed E-state index contributed by atoms with van der Waals surface area (Å²) in [7, 11) is 0. The highest BCUT2D eigenvalue weighted by atomic mass is 79.9. The molecule has 0 saturated heterocycles. The average Bonchev–Trinajstić information content (AvgIpc) is 3.41. The molecule has 1 amide bonds. The number of halogens is 1. The van der Waals surface area contributed by atoms with E-state index in [-0.39, 0.29) is 11.7 Å². The van der Waals surface area contributed by atoms with E-state index in [0.717, 1.165) is 21.2 Å². The van der Waals surface area contributed by atoms with E-state index in [1.807, 2.05) is 55.5 Å². The highest BCUT2D eigenvalue weighted by molar-refractivity contribution is 9.10. The van der Waals surface area contributed by atoms with Crippen molar-refractivity contribution in [2.24, 2.45) is 0 Å². The number of oxazole rings is 1. The van der Waals surface area contributed by atoms with Gasteiger partial charge in [-0.1, -0.05) is 45.8 Å². The molecule has 1 N–H and O–H groups in total. The summed E-state index contributed by atoms with van der Waals surface area (Å²) in [6.45, 7) is 2.02. The van der Waals surface area contributed by atoms with Gasteiger partial charge in [-0.05, 0) is 61.5 Å². The van der Waals surface area contributed by atoms with Crippen molar-refractivity contribution >= 4 is 38.6 Å². The molecule has 5 nitrogen and oxygen atoms in total.